The van der Waals surface area contributed by atoms with Crippen molar-refractivity contribution in [2.45, 2.75) is 13.8 Å². The van der Waals surface area contributed by atoms with Gasteiger partial charge in [0.05, 0.1) is 10.7 Å². The number of anilines is 1. The van der Waals surface area contributed by atoms with E-state index in [0.29, 0.717) is 15.2 Å². The molecule has 0 bridgehead atoms. The number of hydrogen-bond acceptors (Lipinski definition) is 4. The maximum absolute atomic E-state index is 12.0. The number of benzene rings is 2. The number of phenolic OH excluding ortho intramolecular Hbond substituents is 1. The monoisotopic (exact) mass is 411 g/mol. The van der Waals surface area contributed by atoms with Crippen LogP contribution in [0.5, 0.6) is 5.75 Å². The van der Waals surface area contributed by atoms with Crippen LogP contribution in [-0.4, -0.2) is 23.6 Å². The minimum atomic E-state index is -0.796. The smallest absolute Gasteiger partial charge is 0.342 e. The fourth-order valence-electron chi connectivity index (χ4n) is 2.13. The molecule has 0 aliphatic carbocycles. The summed E-state index contributed by atoms with van der Waals surface area (Å²) in [6, 6.07) is 7.97. The number of aryl methyl sites for hydroxylation is 2. The fourth-order valence-corrected chi connectivity index (χ4v) is 2.86. The van der Waals surface area contributed by atoms with Crippen LogP contribution in [0.25, 0.3) is 0 Å². The summed E-state index contributed by atoms with van der Waals surface area (Å²) in [7, 11) is 0. The molecule has 0 radical (unpaired) electrons. The maximum Gasteiger partial charge on any atom is 0.342 e. The van der Waals surface area contributed by atoms with E-state index in [1.807, 2.05) is 19.9 Å². The number of phenols is 1. The fraction of sp³-hybridized carbons (Fsp3) is 0.176. The van der Waals surface area contributed by atoms with Gasteiger partial charge < -0.3 is 15.2 Å². The molecule has 2 aromatic carbocycles. The number of nitrogens with one attached hydrogen (secondary N) is 1. The van der Waals surface area contributed by atoms with E-state index in [-0.39, 0.29) is 11.3 Å². The summed E-state index contributed by atoms with van der Waals surface area (Å²) in [5.41, 5.74) is 2.24. The highest BCUT2D eigenvalue weighted by atomic mass is 79.9. The van der Waals surface area contributed by atoms with E-state index in [9.17, 15) is 14.7 Å². The molecular weight excluding hydrogens is 398 g/mol. The first-order valence-corrected chi connectivity index (χ1v) is 8.17. The molecule has 7 heteroatoms. The first kappa shape index (κ1) is 18.3. The van der Waals surface area contributed by atoms with Gasteiger partial charge >= 0.3 is 5.97 Å². The first-order valence-electron chi connectivity index (χ1n) is 7.00. The van der Waals surface area contributed by atoms with Gasteiger partial charge in [0.25, 0.3) is 5.91 Å². The van der Waals surface area contributed by atoms with Crippen LogP contribution in [0.2, 0.25) is 5.02 Å². The summed E-state index contributed by atoms with van der Waals surface area (Å²) in [6.07, 6.45) is 0. The Balaban J connectivity index is 2.01. The van der Waals surface area contributed by atoms with E-state index in [4.69, 9.17) is 16.3 Å². The van der Waals surface area contributed by atoms with Crippen LogP contribution < -0.4 is 5.32 Å². The lowest BCUT2D eigenvalue weighted by molar-refractivity contribution is -0.119. The Hall–Kier alpha value is -2.05. The maximum atomic E-state index is 12.0. The van der Waals surface area contributed by atoms with Crippen LogP contribution in [0.4, 0.5) is 5.69 Å². The molecule has 24 heavy (non-hydrogen) atoms. The minimum Gasteiger partial charge on any atom is -0.507 e. The Labute approximate surface area is 152 Å². The number of carbonyl (C=O) groups excluding carboxylic acids is 2. The third-order valence-corrected chi connectivity index (χ3v) is 4.00. The third-order valence-electron chi connectivity index (χ3n) is 3.21. The van der Waals surface area contributed by atoms with Crippen molar-refractivity contribution in [1.82, 2.24) is 0 Å². The van der Waals surface area contributed by atoms with Crippen molar-refractivity contribution in [3.63, 3.8) is 0 Å². The highest BCUT2D eigenvalue weighted by Crippen LogP contribution is 2.27. The molecule has 5 nitrogen and oxygen atoms in total. The van der Waals surface area contributed by atoms with Crippen molar-refractivity contribution >= 4 is 45.1 Å². The highest BCUT2D eigenvalue weighted by molar-refractivity contribution is 9.10. The van der Waals surface area contributed by atoms with Crippen LogP contribution in [0.15, 0.2) is 34.8 Å². The molecule has 2 aromatic rings. The second-order valence-electron chi connectivity index (χ2n) is 5.22. The highest BCUT2D eigenvalue weighted by Gasteiger charge is 2.16. The quantitative estimate of drug-likeness (QED) is 0.737. The molecule has 2 N–H and O–H groups in total. The van der Waals surface area contributed by atoms with Crippen LogP contribution in [-0.2, 0) is 9.53 Å². The Morgan fingerprint density at radius 2 is 1.96 bits per heavy atom. The Kier molecular flexibility index (Phi) is 5.85. The van der Waals surface area contributed by atoms with E-state index in [1.165, 1.54) is 12.1 Å². The van der Waals surface area contributed by atoms with Crippen molar-refractivity contribution in [2.24, 2.45) is 0 Å². The molecule has 0 atom stereocenters. The lowest BCUT2D eigenvalue weighted by atomic mass is 10.1. The van der Waals surface area contributed by atoms with Crippen LogP contribution in [0.1, 0.15) is 21.5 Å². The summed E-state index contributed by atoms with van der Waals surface area (Å²) < 4.78 is 5.54. The summed E-state index contributed by atoms with van der Waals surface area (Å²) in [5.74, 6) is -1.54. The second-order valence-corrected chi connectivity index (χ2v) is 6.55. The van der Waals surface area contributed by atoms with Crippen molar-refractivity contribution in [1.29, 1.82) is 0 Å². The summed E-state index contributed by atoms with van der Waals surface area (Å²) in [5, 5.41) is 12.7. The van der Waals surface area contributed by atoms with E-state index in [1.54, 1.807) is 12.1 Å². The molecule has 1 amide bonds. The molecule has 0 heterocycles. The van der Waals surface area contributed by atoms with Gasteiger partial charge in [0.1, 0.15) is 11.3 Å². The normalized spacial score (nSPS) is 10.3. The number of halogens is 2. The third kappa shape index (κ3) is 4.49. The SMILES string of the molecule is Cc1cc(C)c(NC(=O)COC(=O)c2cc(Br)ccc2O)c(Cl)c1. The van der Waals surface area contributed by atoms with Gasteiger partial charge in [0.15, 0.2) is 6.61 Å². The van der Waals surface area contributed by atoms with Gasteiger partial charge in [0.2, 0.25) is 0 Å². The van der Waals surface area contributed by atoms with Crippen molar-refractivity contribution < 1.29 is 19.4 Å². The Morgan fingerprint density at radius 1 is 1.25 bits per heavy atom. The van der Waals surface area contributed by atoms with Crippen molar-refractivity contribution in [2.75, 3.05) is 11.9 Å². The summed E-state index contributed by atoms with van der Waals surface area (Å²) in [6.45, 7) is 3.23. The molecule has 0 fully saturated rings. The number of esters is 1. The number of hydrogen-bond donors (Lipinski definition) is 2. The Bertz CT molecular complexity index is 784. The molecule has 0 saturated carbocycles. The average molecular weight is 413 g/mol. The van der Waals surface area contributed by atoms with Crippen LogP contribution in [0, 0.1) is 13.8 Å². The number of rotatable bonds is 4. The molecule has 0 spiro atoms. The van der Waals surface area contributed by atoms with Crippen LogP contribution in [0.3, 0.4) is 0 Å². The van der Waals surface area contributed by atoms with E-state index < -0.39 is 18.5 Å². The molecule has 126 valence electrons. The van der Waals surface area contributed by atoms with Gasteiger partial charge in [-0.25, -0.2) is 4.79 Å². The second kappa shape index (κ2) is 7.68. The number of aromatic hydroxyl groups is 1. The summed E-state index contributed by atoms with van der Waals surface area (Å²) in [4.78, 5) is 23.9. The first-order chi connectivity index (χ1) is 11.3. The van der Waals surface area contributed by atoms with Gasteiger partial charge in [-0.1, -0.05) is 33.6 Å². The molecule has 0 saturated heterocycles. The predicted octanol–water partition coefficient (Wildman–Crippen LogP) is 4.22. The largest absolute Gasteiger partial charge is 0.507 e. The lowest BCUT2D eigenvalue weighted by Gasteiger charge is -2.12. The van der Waals surface area contributed by atoms with Gasteiger partial charge in [-0.15, -0.1) is 0 Å². The van der Waals surface area contributed by atoms with Gasteiger partial charge in [-0.2, -0.15) is 0 Å². The van der Waals surface area contributed by atoms with Crippen LogP contribution >= 0.6 is 27.5 Å². The Morgan fingerprint density at radius 3 is 2.62 bits per heavy atom. The molecule has 0 unspecified atom stereocenters. The van der Waals surface area contributed by atoms with Crippen molar-refractivity contribution in [3.05, 3.63) is 56.5 Å². The predicted molar refractivity (Wildman–Crippen MR) is 95.6 cm³/mol. The average Bonchev–Trinajstić information content (AvgIpc) is 2.50. The van der Waals surface area contributed by atoms with Gasteiger partial charge in [-0.05, 0) is 49.2 Å². The van der Waals surface area contributed by atoms with Gasteiger partial charge in [0, 0.05) is 4.47 Å². The zero-order chi connectivity index (χ0) is 17.9. The van der Waals surface area contributed by atoms with E-state index in [0.717, 1.165) is 11.1 Å². The molecule has 0 aromatic heterocycles. The molecular formula is C17H15BrClNO4. The molecule has 0 aliphatic heterocycles. The van der Waals surface area contributed by atoms with Gasteiger partial charge in [-0.3, -0.25) is 4.79 Å². The number of carbonyl (C=O) groups is 2. The minimum absolute atomic E-state index is 0.0262. The van der Waals surface area contributed by atoms with Crippen molar-refractivity contribution in [3.8, 4) is 5.75 Å². The summed E-state index contributed by atoms with van der Waals surface area (Å²) >= 11 is 9.31. The molecule has 0 aliphatic rings. The lowest BCUT2D eigenvalue weighted by Crippen LogP contribution is -2.21. The number of amides is 1. The zero-order valence-electron chi connectivity index (χ0n) is 13.0. The topological polar surface area (TPSA) is 75.6 Å². The molecule has 2 rings (SSSR count). The van der Waals surface area contributed by atoms with E-state index >= 15 is 0 Å². The van der Waals surface area contributed by atoms with E-state index in [2.05, 4.69) is 21.2 Å². The zero-order valence-corrected chi connectivity index (χ0v) is 15.4. The standard InChI is InChI=1S/C17H15BrClNO4/c1-9-5-10(2)16(13(19)6-9)20-15(22)8-24-17(23)12-7-11(18)3-4-14(12)21/h3-7,21H,8H2,1-2H3,(H,20,22). The number of ether oxygens (including phenoxy) is 1.